The molecule has 0 radical (unpaired) electrons. The smallest absolute Gasteiger partial charge is 0.337 e. The third-order valence-corrected chi connectivity index (χ3v) is 3.91. The number of methoxy groups -OCH3 is 1. The summed E-state index contributed by atoms with van der Waals surface area (Å²) < 4.78 is 4.69. The Morgan fingerprint density at radius 1 is 1.17 bits per heavy atom. The van der Waals surface area contributed by atoms with Crippen LogP contribution in [0.15, 0.2) is 46.1 Å². The van der Waals surface area contributed by atoms with Crippen LogP contribution in [0.25, 0.3) is 0 Å². The van der Waals surface area contributed by atoms with Crippen molar-refractivity contribution in [3.05, 3.63) is 57.8 Å². The lowest BCUT2D eigenvalue weighted by molar-refractivity contribution is 0.0600. The van der Waals surface area contributed by atoms with Crippen molar-refractivity contribution in [2.75, 3.05) is 13.7 Å². The number of carbonyl (C=O) groups is 1. The third-order valence-electron chi connectivity index (χ3n) is 3.18. The minimum Gasteiger partial charge on any atom is -0.465 e. The summed E-state index contributed by atoms with van der Waals surface area (Å²) in [5.74, 6) is 0.450. The van der Waals surface area contributed by atoms with E-state index in [4.69, 9.17) is 4.74 Å². The number of rotatable bonds is 6. The predicted molar refractivity (Wildman–Crippen MR) is 93.8 cm³/mol. The minimum absolute atomic E-state index is 0.324. The van der Waals surface area contributed by atoms with Crippen molar-refractivity contribution in [3.8, 4) is 0 Å². The topological polar surface area (TPSA) is 62.7 Å². The van der Waals surface area contributed by atoms with Crippen molar-refractivity contribution in [1.29, 1.82) is 0 Å². The molecule has 0 saturated carbocycles. The van der Waals surface area contributed by atoms with Crippen molar-refractivity contribution in [2.24, 2.45) is 4.99 Å². The van der Waals surface area contributed by atoms with E-state index in [2.05, 4.69) is 27.1 Å². The number of benzene rings is 1. The van der Waals surface area contributed by atoms with Crippen LogP contribution in [0.5, 0.6) is 0 Å². The second-order valence-corrected chi connectivity index (χ2v) is 5.65. The molecule has 0 aliphatic carbocycles. The highest BCUT2D eigenvalue weighted by Gasteiger charge is 2.04. The number of hydrogen-bond donors (Lipinski definition) is 2. The van der Waals surface area contributed by atoms with Gasteiger partial charge in [-0.15, -0.1) is 0 Å². The van der Waals surface area contributed by atoms with E-state index >= 15 is 0 Å². The van der Waals surface area contributed by atoms with E-state index in [0.29, 0.717) is 18.7 Å². The summed E-state index contributed by atoms with van der Waals surface area (Å²) in [4.78, 5) is 16.0. The molecule has 1 aromatic heterocycles. The fourth-order valence-corrected chi connectivity index (χ4v) is 2.62. The van der Waals surface area contributed by atoms with Gasteiger partial charge in [0.25, 0.3) is 0 Å². The monoisotopic (exact) mass is 331 g/mol. The Morgan fingerprint density at radius 2 is 1.96 bits per heavy atom. The molecule has 0 fully saturated rings. The first kappa shape index (κ1) is 17.0. The normalized spacial score (nSPS) is 11.1. The predicted octanol–water partition coefficient (Wildman–Crippen LogP) is 2.79. The average molecular weight is 331 g/mol. The molecule has 0 aliphatic rings. The maximum absolute atomic E-state index is 11.4. The number of aliphatic imine (C=N–C) groups is 1. The molecule has 1 aromatic carbocycles. The molecule has 5 nitrogen and oxygen atoms in total. The van der Waals surface area contributed by atoms with Gasteiger partial charge in [-0.1, -0.05) is 12.1 Å². The summed E-state index contributed by atoms with van der Waals surface area (Å²) in [5.41, 5.74) is 2.82. The van der Waals surface area contributed by atoms with Gasteiger partial charge in [0, 0.05) is 13.1 Å². The molecule has 23 heavy (non-hydrogen) atoms. The molecule has 2 N–H and O–H groups in total. The number of nitrogens with zero attached hydrogens (tertiary/aromatic N) is 1. The van der Waals surface area contributed by atoms with Crippen LogP contribution >= 0.6 is 11.3 Å². The Labute approximate surface area is 140 Å². The molecule has 0 aliphatic heterocycles. The molecule has 6 heteroatoms. The molecule has 0 spiro atoms. The molecule has 0 saturated heterocycles. The Hall–Kier alpha value is -2.34. The lowest BCUT2D eigenvalue weighted by atomic mass is 10.1. The number of carbonyl (C=O) groups excluding carboxylic acids is 1. The zero-order valence-corrected chi connectivity index (χ0v) is 14.2. The number of guanidine groups is 1. The zero-order chi connectivity index (χ0) is 16.5. The molecule has 0 atom stereocenters. The SMILES string of the molecule is CCNC(=NCc1ccsc1)NCc1ccc(C(=O)OC)cc1. The standard InChI is InChI=1S/C17H21N3O2S/c1-3-18-17(20-11-14-8-9-23-12-14)19-10-13-4-6-15(7-5-13)16(21)22-2/h4-9,12H,3,10-11H2,1-2H3,(H2,18,19,20). The van der Waals surface area contributed by atoms with Gasteiger partial charge in [-0.2, -0.15) is 11.3 Å². The van der Waals surface area contributed by atoms with Crippen LogP contribution in [0.2, 0.25) is 0 Å². The van der Waals surface area contributed by atoms with Gasteiger partial charge in [0.1, 0.15) is 0 Å². The van der Waals surface area contributed by atoms with Crippen LogP contribution in [0.3, 0.4) is 0 Å². The second-order valence-electron chi connectivity index (χ2n) is 4.87. The maximum Gasteiger partial charge on any atom is 0.337 e. The lowest BCUT2D eigenvalue weighted by Gasteiger charge is -2.11. The number of esters is 1. The number of ether oxygens (including phenoxy) is 1. The Balaban J connectivity index is 1.92. The zero-order valence-electron chi connectivity index (χ0n) is 13.3. The summed E-state index contributed by atoms with van der Waals surface area (Å²) >= 11 is 1.67. The molecule has 0 amide bonds. The number of hydrogen-bond acceptors (Lipinski definition) is 4. The molecule has 1 heterocycles. The first-order valence-electron chi connectivity index (χ1n) is 7.43. The molecule has 2 rings (SSSR count). The fourth-order valence-electron chi connectivity index (χ4n) is 1.96. The second kappa shape index (κ2) is 8.95. The quantitative estimate of drug-likeness (QED) is 0.485. The maximum atomic E-state index is 11.4. The summed E-state index contributed by atoms with van der Waals surface area (Å²) in [6.45, 7) is 4.13. The summed E-state index contributed by atoms with van der Waals surface area (Å²) in [6.07, 6.45) is 0. The average Bonchev–Trinajstić information content (AvgIpc) is 3.10. The van der Waals surface area contributed by atoms with Crippen LogP contribution < -0.4 is 10.6 Å². The summed E-state index contributed by atoms with van der Waals surface area (Å²) in [7, 11) is 1.38. The van der Waals surface area contributed by atoms with E-state index in [0.717, 1.165) is 18.1 Å². The highest BCUT2D eigenvalue weighted by molar-refractivity contribution is 7.07. The van der Waals surface area contributed by atoms with E-state index in [1.54, 1.807) is 23.5 Å². The Morgan fingerprint density at radius 3 is 2.57 bits per heavy atom. The number of nitrogens with one attached hydrogen (secondary N) is 2. The van der Waals surface area contributed by atoms with Crippen LogP contribution in [-0.2, 0) is 17.8 Å². The summed E-state index contributed by atoms with van der Waals surface area (Å²) in [6, 6.07) is 9.41. The van der Waals surface area contributed by atoms with E-state index in [-0.39, 0.29) is 5.97 Å². The van der Waals surface area contributed by atoms with Crippen LogP contribution in [0.1, 0.15) is 28.4 Å². The van der Waals surface area contributed by atoms with Gasteiger partial charge in [-0.25, -0.2) is 9.79 Å². The van der Waals surface area contributed by atoms with Crippen molar-refractivity contribution < 1.29 is 9.53 Å². The van der Waals surface area contributed by atoms with Gasteiger partial charge in [0.15, 0.2) is 5.96 Å². The first-order chi connectivity index (χ1) is 11.2. The molecule has 0 bridgehead atoms. The van der Waals surface area contributed by atoms with E-state index in [1.165, 1.54) is 12.7 Å². The van der Waals surface area contributed by atoms with Crippen molar-refractivity contribution in [3.63, 3.8) is 0 Å². The molecular formula is C17H21N3O2S. The summed E-state index contributed by atoms with van der Waals surface area (Å²) in [5, 5.41) is 10.7. The van der Waals surface area contributed by atoms with Crippen LogP contribution in [0, 0.1) is 0 Å². The van der Waals surface area contributed by atoms with Crippen molar-refractivity contribution in [1.82, 2.24) is 10.6 Å². The lowest BCUT2D eigenvalue weighted by Crippen LogP contribution is -2.36. The van der Waals surface area contributed by atoms with E-state index in [9.17, 15) is 4.79 Å². The molecule has 2 aromatic rings. The number of thiophene rings is 1. The van der Waals surface area contributed by atoms with E-state index in [1.807, 2.05) is 24.4 Å². The highest BCUT2D eigenvalue weighted by Crippen LogP contribution is 2.07. The van der Waals surface area contributed by atoms with Gasteiger partial charge >= 0.3 is 5.97 Å². The van der Waals surface area contributed by atoms with Crippen LogP contribution in [-0.4, -0.2) is 25.6 Å². The first-order valence-corrected chi connectivity index (χ1v) is 8.37. The van der Waals surface area contributed by atoms with Crippen LogP contribution in [0.4, 0.5) is 0 Å². The van der Waals surface area contributed by atoms with Gasteiger partial charge in [-0.05, 0) is 47.0 Å². The van der Waals surface area contributed by atoms with E-state index < -0.39 is 0 Å². The van der Waals surface area contributed by atoms with Gasteiger partial charge in [-0.3, -0.25) is 0 Å². The third kappa shape index (κ3) is 5.41. The van der Waals surface area contributed by atoms with Crippen molar-refractivity contribution in [2.45, 2.75) is 20.0 Å². The van der Waals surface area contributed by atoms with Gasteiger partial charge < -0.3 is 15.4 Å². The molecular weight excluding hydrogens is 310 g/mol. The Kier molecular flexibility index (Phi) is 6.62. The minimum atomic E-state index is -0.324. The molecule has 122 valence electrons. The highest BCUT2D eigenvalue weighted by atomic mass is 32.1. The fraction of sp³-hybridized carbons (Fsp3) is 0.294. The Bertz CT molecular complexity index is 636. The van der Waals surface area contributed by atoms with Gasteiger partial charge in [0.05, 0.1) is 19.2 Å². The molecule has 0 unspecified atom stereocenters. The largest absolute Gasteiger partial charge is 0.465 e. The van der Waals surface area contributed by atoms with Crippen molar-refractivity contribution >= 4 is 23.3 Å². The van der Waals surface area contributed by atoms with Gasteiger partial charge in [0.2, 0.25) is 0 Å².